The molecule has 0 radical (unpaired) electrons. The lowest BCUT2D eigenvalue weighted by atomic mass is 9.87. The fourth-order valence-corrected chi connectivity index (χ4v) is 5.15. The van der Waals surface area contributed by atoms with Crippen molar-refractivity contribution >= 4 is 9.84 Å². The summed E-state index contributed by atoms with van der Waals surface area (Å²) >= 11 is 0. The van der Waals surface area contributed by atoms with Crippen LogP contribution in [0.25, 0.3) is 0 Å². The van der Waals surface area contributed by atoms with Crippen molar-refractivity contribution in [2.45, 2.75) is 51.0 Å². The lowest BCUT2D eigenvalue weighted by Gasteiger charge is -2.26. The predicted molar refractivity (Wildman–Crippen MR) is 75.4 cm³/mol. The number of likely N-dealkylation sites (N-methyl/N-ethyl adjacent to an activating group) is 1. The Hall–Kier alpha value is -0.350. The van der Waals surface area contributed by atoms with E-state index in [9.17, 15) is 8.42 Å². The molecule has 1 aliphatic heterocycles. The molecular weight excluding hydrogens is 246 g/mol. The Morgan fingerprint density at radius 3 is 2.72 bits per heavy atom. The molecule has 1 saturated heterocycles. The Morgan fingerprint density at radius 2 is 2.06 bits per heavy atom. The highest BCUT2D eigenvalue weighted by Gasteiger charge is 2.34. The zero-order valence-corrected chi connectivity index (χ0v) is 12.1. The summed E-state index contributed by atoms with van der Waals surface area (Å²) in [6, 6.07) is 0.278. The summed E-state index contributed by atoms with van der Waals surface area (Å²) in [4.78, 5) is 0. The zero-order chi connectivity index (χ0) is 13.0. The lowest BCUT2D eigenvalue weighted by molar-refractivity contribution is 0.433. The Labute approximate surface area is 111 Å². The van der Waals surface area contributed by atoms with E-state index in [4.69, 9.17) is 0 Å². The quantitative estimate of drug-likeness (QED) is 0.801. The van der Waals surface area contributed by atoms with Gasteiger partial charge in [-0.2, -0.15) is 0 Å². The topological polar surface area (TPSA) is 46.2 Å². The van der Waals surface area contributed by atoms with Gasteiger partial charge in [-0.25, -0.2) is 8.42 Å². The van der Waals surface area contributed by atoms with E-state index < -0.39 is 9.84 Å². The van der Waals surface area contributed by atoms with Gasteiger partial charge in [-0.1, -0.05) is 24.5 Å². The third kappa shape index (κ3) is 3.58. The van der Waals surface area contributed by atoms with E-state index in [0.717, 1.165) is 19.3 Å². The van der Waals surface area contributed by atoms with Gasteiger partial charge in [0.1, 0.15) is 0 Å². The molecule has 0 bridgehead atoms. The molecule has 104 valence electrons. The molecule has 1 fully saturated rings. The average molecular weight is 271 g/mol. The van der Waals surface area contributed by atoms with Gasteiger partial charge in [-0.15, -0.1) is 0 Å². The smallest absolute Gasteiger partial charge is 0.150 e. The van der Waals surface area contributed by atoms with Crippen LogP contribution in [0.1, 0.15) is 44.9 Å². The fraction of sp³-hybridized carbons (Fsp3) is 0.857. The van der Waals surface area contributed by atoms with Crippen molar-refractivity contribution in [3.63, 3.8) is 0 Å². The van der Waals surface area contributed by atoms with Crippen molar-refractivity contribution in [2.24, 2.45) is 5.92 Å². The van der Waals surface area contributed by atoms with Crippen LogP contribution in [-0.2, 0) is 9.84 Å². The monoisotopic (exact) mass is 271 g/mol. The number of hydrogen-bond donors (Lipinski definition) is 1. The molecule has 18 heavy (non-hydrogen) atoms. The summed E-state index contributed by atoms with van der Waals surface area (Å²) in [6.07, 6.45) is 10.7. The molecule has 1 heterocycles. The molecule has 0 aromatic carbocycles. The summed E-state index contributed by atoms with van der Waals surface area (Å²) in [6.45, 7) is 0. The highest BCUT2D eigenvalue weighted by molar-refractivity contribution is 7.91. The second-order valence-electron chi connectivity index (χ2n) is 5.66. The SMILES string of the molecule is CNC(C1=CCCCCCC1)C1CCS(=O)(=O)C1. The Kier molecular flexibility index (Phi) is 4.84. The number of sulfone groups is 1. The van der Waals surface area contributed by atoms with Crippen molar-refractivity contribution in [2.75, 3.05) is 18.6 Å². The first-order chi connectivity index (χ1) is 8.62. The largest absolute Gasteiger partial charge is 0.313 e. The van der Waals surface area contributed by atoms with Gasteiger partial charge in [0.15, 0.2) is 9.84 Å². The minimum absolute atomic E-state index is 0.278. The zero-order valence-electron chi connectivity index (χ0n) is 11.3. The van der Waals surface area contributed by atoms with Gasteiger partial charge >= 0.3 is 0 Å². The van der Waals surface area contributed by atoms with Crippen LogP contribution in [0, 0.1) is 5.92 Å². The van der Waals surface area contributed by atoms with Gasteiger partial charge in [0.2, 0.25) is 0 Å². The molecule has 2 unspecified atom stereocenters. The van der Waals surface area contributed by atoms with Crippen LogP contribution in [0.3, 0.4) is 0 Å². The molecule has 3 nitrogen and oxygen atoms in total. The van der Waals surface area contributed by atoms with E-state index in [0.29, 0.717) is 11.5 Å². The Bertz CT molecular complexity index is 400. The highest BCUT2D eigenvalue weighted by atomic mass is 32.2. The second kappa shape index (κ2) is 6.20. The molecule has 0 aromatic heterocycles. The molecule has 2 aliphatic rings. The molecule has 4 heteroatoms. The molecule has 0 spiro atoms. The molecule has 1 aliphatic carbocycles. The lowest BCUT2D eigenvalue weighted by Crippen LogP contribution is -2.36. The van der Waals surface area contributed by atoms with Crippen LogP contribution >= 0.6 is 0 Å². The number of nitrogens with one attached hydrogen (secondary N) is 1. The molecule has 1 N–H and O–H groups in total. The first kappa shape index (κ1) is 14.1. The standard InChI is InChI=1S/C14H25NO2S/c1-15-14(13-9-10-18(16,17)11-13)12-7-5-3-2-4-6-8-12/h7,13-15H,2-6,8-11H2,1H3. The van der Waals surface area contributed by atoms with Gasteiger partial charge in [-0.3, -0.25) is 0 Å². The number of hydrogen-bond acceptors (Lipinski definition) is 3. The van der Waals surface area contributed by atoms with Crippen molar-refractivity contribution < 1.29 is 8.42 Å². The van der Waals surface area contributed by atoms with E-state index in [1.165, 1.54) is 31.3 Å². The molecule has 0 aromatic rings. The predicted octanol–water partition coefficient (Wildman–Crippen LogP) is 2.29. The van der Waals surface area contributed by atoms with Crippen molar-refractivity contribution in [3.8, 4) is 0 Å². The van der Waals surface area contributed by atoms with Gasteiger partial charge < -0.3 is 5.32 Å². The highest BCUT2D eigenvalue weighted by Crippen LogP contribution is 2.29. The van der Waals surface area contributed by atoms with Crippen LogP contribution in [0.2, 0.25) is 0 Å². The van der Waals surface area contributed by atoms with Gasteiger partial charge in [0.05, 0.1) is 11.5 Å². The third-order valence-corrected chi connectivity index (χ3v) is 6.07. The minimum atomic E-state index is -2.77. The van der Waals surface area contributed by atoms with Crippen LogP contribution in [-0.4, -0.2) is 33.0 Å². The first-order valence-corrected chi connectivity index (χ1v) is 9.01. The van der Waals surface area contributed by atoms with E-state index >= 15 is 0 Å². The minimum Gasteiger partial charge on any atom is -0.313 e. The summed E-state index contributed by atoms with van der Waals surface area (Å²) in [5.41, 5.74) is 1.46. The van der Waals surface area contributed by atoms with Gasteiger partial charge in [0.25, 0.3) is 0 Å². The van der Waals surface area contributed by atoms with Gasteiger partial charge in [0, 0.05) is 6.04 Å². The van der Waals surface area contributed by atoms with Crippen LogP contribution in [0.5, 0.6) is 0 Å². The molecule has 2 rings (SSSR count). The van der Waals surface area contributed by atoms with Crippen molar-refractivity contribution in [3.05, 3.63) is 11.6 Å². The summed E-state index contributed by atoms with van der Waals surface area (Å²) in [7, 11) is -0.805. The van der Waals surface area contributed by atoms with E-state index in [1.807, 2.05) is 7.05 Å². The molecule has 0 saturated carbocycles. The summed E-state index contributed by atoms with van der Waals surface area (Å²) in [5, 5.41) is 3.37. The van der Waals surface area contributed by atoms with Crippen LogP contribution < -0.4 is 5.32 Å². The van der Waals surface area contributed by atoms with Crippen LogP contribution in [0.15, 0.2) is 11.6 Å². The summed E-state index contributed by atoms with van der Waals surface area (Å²) in [5.74, 6) is 1.03. The molecule has 0 amide bonds. The average Bonchev–Trinajstić information content (AvgIpc) is 2.62. The number of rotatable bonds is 3. The fourth-order valence-electron chi connectivity index (χ4n) is 3.31. The summed E-state index contributed by atoms with van der Waals surface area (Å²) < 4.78 is 23.2. The molecule has 2 atom stereocenters. The molecular formula is C14H25NO2S. The maximum Gasteiger partial charge on any atom is 0.150 e. The second-order valence-corrected chi connectivity index (χ2v) is 7.89. The van der Waals surface area contributed by atoms with E-state index in [-0.39, 0.29) is 12.0 Å². The van der Waals surface area contributed by atoms with Crippen molar-refractivity contribution in [1.29, 1.82) is 0 Å². The normalized spacial score (nSPS) is 30.3. The maximum atomic E-state index is 11.6. The first-order valence-electron chi connectivity index (χ1n) is 7.19. The van der Waals surface area contributed by atoms with Crippen molar-refractivity contribution in [1.82, 2.24) is 5.32 Å². The van der Waals surface area contributed by atoms with Crippen LogP contribution in [0.4, 0.5) is 0 Å². The van der Waals surface area contributed by atoms with E-state index in [1.54, 1.807) is 0 Å². The van der Waals surface area contributed by atoms with Gasteiger partial charge in [-0.05, 0) is 45.1 Å². The maximum absolute atomic E-state index is 11.6. The third-order valence-electron chi connectivity index (χ3n) is 4.28. The Balaban J connectivity index is 2.07. The van der Waals surface area contributed by atoms with E-state index in [2.05, 4.69) is 11.4 Å². The number of allylic oxidation sites excluding steroid dienone is 1. The Morgan fingerprint density at radius 1 is 1.28 bits per heavy atom.